The van der Waals surface area contributed by atoms with E-state index in [-0.39, 0.29) is 15.2 Å². The molecule has 5 nitrogen and oxygen atoms in total. The second-order valence-corrected chi connectivity index (χ2v) is 13.2. The normalized spacial score (nSPS) is 11.5. The SMILES string of the molecule is CCOCCNC(=O)[CH2][Hg][CH](C)C(=O)N(C)C. The molecule has 0 aliphatic rings. The Bertz CT molecular complexity index is 247. The van der Waals surface area contributed by atoms with Crippen molar-refractivity contribution in [2.24, 2.45) is 0 Å². The standard InChI is InChI=1S/C6H12NO2.C5H10NO.Hg/c1-3-9-5-4-7-6(2)8;1-4-5(7)6(2)3;/h2-5H2,1H3,(H,7,8);4H,1-3H3;. The van der Waals surface area contributed by atoms with Crippen molar-refractivity contribution in [3.8, 4) is 0 Å². The minimum absolute atomic E-state index is 0.0739. The number of ether oxygens (including phenoxy) is 1. The molecule has 0 aromatic carbocycles. The van der Waals surface area contributed by atoms with Gasteiger partial charge in [0.05, 0.1) is 0 Å². The molecule has 1 atom stereocenters. The maximum atomic E-state index is 11.6. The Labute approximate surface area is 116 Å². The summed E-state index contributed by atoms with van der Waals surface area (Å²) in [7, 11) is 3.52. The van der Waals surface area contributed by atoms with Gasteiger partial charge >= 0.3 is 116 Å². The van der Waals surface area contributed by atoms with Crippen molar-refractivity contribution in [1.29, 1.82) is 0 Å². The third kappa shape index (κ3) is 8.54. The van der Waals surface area contributed by atoms with Crippen LogP contribution in [0, 0.1) is 0 Å². The monoisotopic (exact) mass is 432 g/mol. The van der Waals surface area contributed by atoms with Gasteiger partial charge in [0.2, 0.25) is 0 Å². The number of hydrogen-bond acceptors (Lipinski definition) is 3. The van der Waals surface area contributed by atoms with E-state index in [1.54, 1.807) is 19.0 Å². The summed E-state index contributed by atoms with van der Waals surface area (Å²) in [6.07, 6.45) is 0. The van der Waals surface area contributed by atoms with Crippen LogP contribution in [0.15, 0.2) is 0 Å². The molecule has 17 heavy (non-hydrogen) atoms. The van der Waals surface area contributed by atoms with Gasteiger partial charge in [0.15, 0.2) is 0 Å². The first-order valence-corrected chi connectivity index (χ1v) is 13.1. The van der Waals surface area contributed by atoms with E-state index in [2.05, 4.69) is 5.32 Å². The van der Waals surface area contributed by atoms with Crippen LogP contribution in [-0.2, 0) is 38.9 Å². The van der Waals surface area contributed by atoms with Crippen LogP contribution in [0.3, 0.4) is 0 Å². The maximum absolute atomic E-state index is 11.6. The van der Waals surface area contributed by atoms with Crippen molar-refractivity contribution in [3.05, 3.63) is 0 Å². The van der Waals surface area contributed by atoms with E-state index in [4.69, 9.17) is 4.74 Å². The van der Waals surface area contributed by atoms with Crippen LogP contribution in [0.2, 0.25) is 7.36 Å². The average molecular weight is 431 g/mol. The number of nitrogens with one attached hydrogen (secondary N) is 1. The Morgan fingerprint density at radius 3 is 2.59 bits per heavy atom. The summed E-state index contributed by atoms with van der Waals surface area (Å²) in [4.78, 5) is 24.7. The van der Waals surface area contributed by atoms with Crippen molar-refractivity contribution in [3.63, 3.8) is 0 Å². The van der Waals surface area contributed by atoms with E-state index in [0.717, 1.165) is 0 Å². The van der Waals surface area contributed by atoms with E-state index < -0.39 is 24.6 Å². The minimum atomic E-state index is -1.45. The molecule has 1 unspecified atom stereocenters. The van der Waals surface area contributed by atoms with E-state index in [0.29, 0.717) is 23.7 Å². The molecule has 96 valence electrons. The van der Waals surface area contributed by atoms with Gasteiger partial charge in [0.25, 0.3) is 0 Å². The average Bonchev–Trinajstić information content (AvgIpc) is 2.30. The predicted octanol–water partition coefficient (Wildman–Crippen LogP) is 0.536. The molecule has 0 aliphatic carbocycles. The Hall–Kier alpha value is -0.165. The summed E-state index contributed by atoms with van der Waals surface area (Å²) in [6.45, 7) is 5.66. The zero-order chi connectivity index (χ0) is 13.3. The molecule has 0 saturated heterocycles. The molecule has 0 radical (unpaired) electrons. The zero-order valence-corrected chi connectivity index (χ0v) is 16.8. The Morgan fingerprint density at radius 2 is 2.06 bits per heavy atom. The van der Waals surface area contributed by atoms with Gasteiger partial charge in [-0.15, -0.1) is 0 Å². The fourth-order valence-electron chi connectivity index (χ4n) is 1.41. The van der Waals surface area contributed by atoms with Gasteiger partial charge in [-0.25, -0.2) is 0 Å². The van der Waals surface area contributed by atoms with Crippen molar-refractivity contribution in [1.82, 2.24) is 10.2 Å². The fraction of sp³-hybridized carbons (Fsp3) is 0.818. The molecule has 0 aromatic heterocycles. The van der Waals surface area contributed by atoms with Crippen LogP contribution in [0.25, 0.3) is 0 Å². The second-order valence-electron chi connectivity index (χ2n) is 4.22. The van der Waals surface area contributed by atoms with Crippen molar-refractivity contribution in [2.75, 3.05) is 33.9 Å². The van der Waals surface area contributed by atoms with E-state index in [1.807, 2.05) is 13.8 Å². The molecular formula is C11H22HgN2O3. The summed E-state index contributed by atoms with van der Waals surface area (Å²) < 4.78 is 5.84. The quantitative estimate of drug-likeness (QED) is 0.451. The van der Waals surface area contributed by atoms with Crippen LogP contribution in [-0.4, -0.2) is 50.6 Å². The van der Waals surface area contributed by atoms with Gasteiger partial charge < -0.3 is 0 Å². The molecule has 1 N–H and O–H groups in total. The molecule has 6 heteroatoms. The summed E-state index contributed by atoms with van der Waals surface area (Å²) in [5, 5.41) is 2.81. The third-order valence-electron chi connectivity index (χ3n) is 2.44. The molecule has 0 fully saturated rings. The topological polar surface area (TPSA) is 58.6 Å². The van der Waals surface area contributed by atoms with E-state index >= 15 is 0 Å². The van der Waals surface area contributed by atoms with Crippen molar-refractivity contribution < 1.29 is 38.9 Å². The summed E-state index contributed by atoms with van der Waals surface area (Å²) in [5.74, 6) is 0.235. The predicted molar refractivity (Wildman–Crippen MR) is 62.4 cm³/mol. The number of nitrogens with zero attached hydrogens (tertiary/aromatic N) is 1. The van der Waals surface area contributed by atoms with Gasteiger partial charge in [-0.2, -0.15) is 0 Å². The number of rotatable bonds is 8. The fourth-order valence-corrected chi connectivity index (χ4v) is 7.18. The number of amides is 2. The van der Waals surface area contributed by atoms with Gasteiger partial charge in [-0.3, -0.25) is 0 Å². The number of carbonyl (C=O) groups excluding carboxylic acids is 2. The van der Waals surface area contributed by atoms with Crippen molar-refractivity contribution in [2.45, 2.75) is 21.2 Å². The Balaban J connectivity index is 3.66. The summed E-state index contributed by atoms with van der Waals surface area (Å²) >= 11 is -1.45. The molecule has 2 amide bonds. The molecule has 0 spiro atoms. The molecule has 0 bridgehead atoms. The first-order valence-electron chi connectivity index (χ1n) is 6.04. The van der Waals surface area contributed by atoms with Crippen LogP contribution in [0.5, 0.6) is 0 Å². The first-order chi connectivity index (χ1) is 7.99. The van der Waals surface area contributed by atoms with E-state index in [9.17, 15) is 9.59 Å². The summed E-state index contributed by atoms with van der Waals surface area (Å²) in [6, 6.07) is 0. The molecule has 0 aliphatic heterocycles. The summed E-state index contributed by atoms with van der Waals surface area (Å²) in [5.41, 5.74) is 0. The molecule has 0 aromatic rings. The van der Waals surface area contributed by atoms with Gasteiger partial charge in [-0.1, -0.05) is 0 Å². The second kappa shape index (κ2) is 9.82. The van der Waals surface area contributed by atoms with Crippen molar-refractivity contribution >= 4 is 11.8 Å². The van der Waals surface area contributed by atoms with Crippen LogP contribution < -0.4 is 5.32 Å². The van der Waals surface area contributed by atoms with Gasteiger partial charge in [0.1, 0.15) is 0 Å². The molecule has 0 saturated carbocycles. The molecular weight excluding hydrogens is 409 g/mol. The molecule has 0 rings (SSSR count). The van der Waals surface area contributed by atoms with Gasteiger partial charge in [0, 0.05) is 0 Å². The number of carbonyl (C=O) groups is 2. The van der Waals surface area contributed by atoms with Crippen LogP contribution in [0.4, 0.5) is 0 Å². The van der Waals surface area contributed by atoms with Crippen LogP contribution >= 0.6 is 0 Å². The Kier molecular flexibility index (Phi) is 9.73. The molecule has 0 heterocycles. The van der Waals surface area contributed by atoms with E-state index in [1.165, 1.54) is 0 Å². The van der Waals surface area contributed by atoms with Gasteiger partial charge in [-0.05, 0) is 0 Å². The third-order valence-corrected chi connectivity index (χ3v) is 10.1. The van der Waals surface area contributed by atoms with Crippen LogP contribution in [0.1, 0.15) is 13.8 Å². The first kappa shape index (κ1) is 16.8. The Morgan fingerprint density at radius 1 is 1.41 bits per heavy atom. The zero-order valence-electron chi connectivity index (χ0n) is 11.3. The number of hydrogen-bond donors (Lipinski definition) is 1.